The first-order valence-corrected chi connectivity index (χ1v) is 20.5. The van der Waals surface area contributed by atoms with Crippen LogP contribution in [-0.4, -0.2) is 131 Å². The Bertz CT molecular complexity index is 2180. The summed E-state index contributed by atoms with van der Waals surface area (Å²) in [5.41, 5.74) is 12.0. The number of aliphatic imine (C=N–C) groups is 1. The van der Waals surface area contributed by atoms with Crippen LogP contribution in [0.15, 0.2) is 29.0 Å². The number of ether oxygens (including phenoxy) is 3. The lowest BCUT2D eigenvalue weighted by Gasteiger charge is -2.36. The van der Waals surface area contributed by atoms with Gasteiger partial charge in [0.25, 0.3) is 11.5 Å². The molecule has 0 spiro atoms. The van der Waals surface area contributed by atoms with E-state index in [-0.39, 0.29) is 55.1 Å². The number of hydrogen-bond donors (Lipinski definition) is 9. The van der Waals surface area contributed by atoms with Gasteiger partial charge in [-0.15, -0.1) is 0 Å². The first-order chi connectivity index (χ1) is 25.8. The first-order valence-electron chi connectivity index (χ1n) is 16.0. The van der Waals surface area contributed by atoms with Gasteiger partial charge in [0, 0.05) is 20.2 Å². The van der Waals surface area contributed by atoms with Gasteiger partial charge in [-0.3, -0.25) is 32.9 Å². The molecular weight excluding hydrogens is 803 g/mol. The van der Waals surface area contributed by atoms with Crippen LogP contribution in [0.2, 0.25) is 0 Å². The molecule has 0 radical (unpaired) electrons. The number of morpholine rings is 1. The number of nitrogens with one attached hydrogen (secondary N) is 2. The molecule has 11 N–H and O–H groups in total. The lowest BCUT2D eigenvalue weighted by molar-refractivity contribution is -0.747. The van der Waals surface area contributed by atoms with Crippen molar-refractivity contribution in [3.63, 3.8) is 0 Å². The number of guanidine groups is 1. The quantitative estimate of drug-likeness (QED) is 0.0558. The van der Waals surface area contributed by atoms with Gasteiger partial charge in [0.05, 0.1) is 51.5 Å². The van der Waals surface area contributed by atoms with Crippen LogP contribution in [0.1, 0.15) is 18.1 Å². The summed E-state index contributed by atoms with van der Waals surface area (Å²) in [6.45, 7) is 2.18. The standard InChI is InChI=1S/C25H38N11O16P3/c1-12-16-20(30-24(26)29-12)35(10-28-16)23-19(46-3)18(38)14(50-23)9-48-54(42,43)52-55(44,45)51-53(40,41)47-8-13-6-34(4-5-37)7-15(49-13)36-11-33(2)17-21(36)31-25(27)32-22(17)39/h10-11,13-15,18-19,23,37-38H,1,4-9H2,2-3H3,(H8-,26,27,29,30,31,32,39,40,41,42,43,44,45)/p+1/t13-,14?,15?,18+,19+,23+/m0/s1. The van der Waals surface area contributed by atoms with Crippen molar-refractivity contribution in [1.29, 1.82) is 0 Å². The summed E-state index contributed by atoms with van der Waals surface area (Å²) in [4.78, 5) is 59.7. The van der Waals surface area contributed by atoms with Crippen molar-refractivity contribution in [1.82, 2.24) is 34.3 Å². The van der Waals surface area contributed by atoms with Crippen molar-refractivity contribution in [2.75, 3.05) is 52.3 Å². The number of aliphatic hydroxyl groups is 2. The Labute approximate surface area is 309 Å². The fraction of sp³-hybridized carbons (Fsp3) is 0.560. The Morgan fingerprint density at radius 2 is 1.78 bits per heavy atom. The first kappa shape index (κ1) is 41.2. The fourth-order valence-corrected chi connectivity index (χ4v) is 9.70. The number of nitrogens with zero attached hydrogens (tertiary/aromatic N) is 7. The number of aryl methyl sites for hydroxylation is 1. The van der Waals surface area contributed by atoms with Crippen molar-refractivity contribution in [3.05, 3.63) is 35.3 Å². The van der Waals surface area contributed by atoms with Crippen molar-refractivity contribution in [2.24, 2.45) is 17.8 Å². The summed E-state index contributed by atoms with van der Waals surface area (Å²) in [6.07, 6.45) is -4.28. The number of hydrogen-bond acceptors (Lipinski definition) is 20. The maximum absolute atomic E-state index is 12.7. The summed E-state index contributed by atoms with van der Waals surface area (Å²) in [5.74, 6) is 0.0359. The fourth-order valence-electron chi connectivity index (χ4n) is 6.16. The number of anilines is 1. The van der Waals surface area contributed by atoms with Gasteiger partial charge in [0.15, 0.2) is 30.6 Å². The molecule has 3 aromatic heterocycles. The highest BCUT2D eigenvalue weighted by Crippen LogP contribution is 2.67. The van der Waals surface area contributed by atoms with Crippen LogP contribution >= 0.6 is 23.5 Å². The molecule has 2 saturated heterocycles. The number of phosphoric ester groups is 2. The van der Waals surface area contributed by atoms with E-state index < -0.39 is 79.1 Å². The number of aromatic amines is 1. The van der Waals surface area contributed by atoms with Crippen LogP contribution in [0.25, 0.3) is 16.9 Å². The zero-order valence-corrected chi connectivity index (χ0v) is 31.6. The molecule has 9 atom stereocenters. The zero-order valence-electron chi connectivity index (χ0n) is 28.9. The Morgan fingerprint density at radius 3 is 2.45 bits per heavy atom. The summed E-state index contributed by atoms with van der Waals surface area (Å²) >= 11 is 0. The lowest BCUT2D eigenvalue weighted by Crippen LogP contribution is -2.56. The molecule has 6 heterocycles. The molecule has 3 aliphatic rings. The van der Waals surface area contributed by atoms with Gasteiger partial charge in [0.1, 0.15) is 24.0 Å². The Kier molecular flexibility index (Phi) is 11.8. The number of imidazole rings is 2. The molecule has 55 heavy (non-hydrogen) atoms. The number of H-pyrrole nitrogens is 1. The van der Waals surface area contributed by atoms with E-state index in [1.165, 1.54) is 33.5 Å². The molecule has 5 unspecified atom stereocenters. The van der Waals surface area contributed by atoms with E-state index in [1.807, 2.05) is 0 Å². The molecule has 0 amide bonds. The van der Waals surface area contributed by atoms with Gasteiger partial charge in [-0.1, -0.05) is 11.6 Å². The molecule has 2 fully saturated rings. The van der Waals surface area contributed by atoms with Crippen molar-refractivity contribution < 1.29 is 75.0 Å². The molecule has 3 aromatic rings. The van der Waals surface area contributed by atoms with Crippen LogP contribution in [-0.2, 0) is 52.6 Å². The monoisotopic (exact) mass is 842 g/mol. The second-order valence-corrected chi connectivity index (χ2v) is 16.9. The van der Waals surface area contributed by atoms with Crippen LogP contribution in [0.4, 0.5) is 11.8 Å². The second-order valence-electron chi connectivity index (χ2n) is 12.3. The van der Waals surface area contributed by atoms with Crippen LogP contribution in [0, 0.1) is 0 Å². The van der Waals surface area contributed by atoms with Gasteiger partial charge < -0.3 is 55.9 Å². The predicted molar refractivity (Wildman–Crippen MR) is 183 cm³/mol. The van der Waals surface area contributed by atoms with Gasteiger partial charge >= 0.3 is 29.1 Å². The number of aliphatic hydroxyl groups excluding tert-OH is 2. The minimum absolute atomic E-state index is 0.000972. The van der Waals surface area contributed by atoms with E-state index in [0.717, 1.165) is 0 Å². The SMILES string of the molecule is C=C1NC(N)=Nc2c1ncn2[C@@H]1OC(COP(=O)(O)OP(=O)(O)OP(=O)(O)OC[C@@H]2CN(CCO)CC([n+]3cn(C)c4c(=O)[nH]c(N)nc43)O2)[C@@H](O)[C@H]1OC. The van der Waals surface area contributed by atoms with E-state index >= 15 is 0 Å². The topological polar surface area (TPSA) is 369 Å². The van der Waals surface area contributed by atoms with Gasteiger partial charge in [-0.25, -0.2) is 23.2 Å². The summed E-state index contributed by atoms with van der Waals surface area (Å²) < 4.78 is 77.7. The van der Waals surface area contributed by atoms with Crippen LogP contribution in [0.5, 0.6) is 0 Å². The summed E-state index contributed by atoms with van der Waals surface area (Å²) in [6, 6.07) is 0. The molecule has 30 heteroatoms. The van der Waals surface area contributed by atoms with E-state index in [2.05, 4.69) is 40.5 Å². The highest BCUT2D eigenvalue weighted by Gasteiger charge is 2.49. The Morgan fingerprint density at radius 1 is 1.09 bits per heavy atom. The molecule has 0 aromatic carbocycles. The third kappa shape index (κ3) is 9.08. The molecule has 27 nitrogen and oxygen atoms in total. The molecule has 3 aliphatic heterocycles. The normalized spacial score (nSPS) is 27.9. The van der Waals surface area contributed by atoms with Crippen LogP contribution in [0.3, 0.4) is 0 Å². The number of β-amino-alcohol motifs (C(OH)–C–C–N with tert-alkyl or cyclic N) is 1. The number of phosphoric acid groups is 3. The maximum Gasteiger partial charge on any atom is 0.490 e. The minimum Gasteiger partial charge on any atom is -0.395 e. The van der Waals surface area contributed by atoms with E-state index in [9.17, 15) is 43.4 Å². The lowest BCUT2D eigenvalue weighted by atomic mass is 10.1. The highest BCUT2D eigenvalue weighted by atomic mass is 31.3. The zero-order chi connectivity index (χ0) is 40.0. The molecule has 304 valence electrons. The molecular formula is C25H39N11O16P3+. The van der Waals surface area contributed by atoms with E-state index in [4.69, 9.17) is 34.7 Å². The van der Waals surface area contributed by atoms with Gasteiger partial charge in [0.2, 0.25) is 5.52 Å². The smallest absolute Gasteiger partial charge is 0.395 e. The largest absolute Gasteiger partial charge is 0.490 e. The summed E-state index contributed by atoms with van der Waals surface area (Å²) in [5, 5.41) is 23.1. The highest BCUT2D eigenvalue weighted by molar-refractivity contribution is 7.66. The van der Waals surface area contributed by atoms with Crippen molar-refractivity contribution in [3.8, 4) is 0 Å². The van der Waals surface area contributed by atoms with Crippen molar-refractivity contribution >= 4 is 58.1 Å². The predicted octanol–water partition coefficient (Wildman–Crippen LogP) is -2.62. The van der Waals surface area contributed by atoms with Crippen LogP contribution < -0.4 is 26.9 Å². The summed E-state index contributed by atoms with van der Waals surface area (Å²) in [7, 11) is -14.2. The molecule has 6 rings (SSSR count). The second kappa shape index (κ2) is 15.8. The van der Waals surface area contributed by atoms with E-state index in [0.29, 0.717) is 11.4 Å². The number of nitrogens with two attached hydrogens (primary N) is 2. The molecule has 0 bridgehead atoms. The van der Waals surface area contributed by atoms with Gasteiger partial charge in [-0.05, 0) is 0 Å². The Balaban J connectivity index is 1.06. The van der Waals surface area contributed by atoms with E-state index in [1.54, 1.807) is 11.9 Å². The Hall–Kier alpha value is -3.46. The third-order valence-electron chi connectivity index (χ3n) is 8.40. The average molecular weight is 843 g/mol. The number of rotatable bonds is 15. The van der Waals surface area contributed by atoms with Gasteiger partial charge in [-0.2, -0.15) is 13.6 Å². The number of nitrogen functional groups attached to an aromatic ring is 1. The molecule has 0 saturated carbocycles. The average Bonchev–Trinajstić information content (AvgIpc) is 3.74. The third-order valence-corrected chi connectivity index (χ3v) is 12.7. The number of aromatic nitrogens is 6. The minimum atomic E-state index is -5.89. The number of fused-ring (bicyclic) bond motifs is 2. The van der Waals surface area contributed by atoms with Crippen molar-refractivity contribution in [2.45, 2.75) is 36.9 Å². The maximum atomic E-state index is 12.7. The number of methoxy groups -OCH3 is 1. The molecule has 0 aliphatic carbocycles.